The van der Waals surface area contributed by atoms with Crippen LogP contribution in [0.15, 0.2) is 60.7 Å². The van der Waals surface area contributed by atoms with E-state index in [1.54, 1.807) is 54.6 Å². The number of anilines is 1. The van der Waals surface area contributed by atoms with Crippen molar-refractivity contribution in [2.45, 2.75) is 51.5 Å². The van der Waals surface area contributed by atoms with Gasteiger partial charge in [0.05, 0.1) is 0 Å². The van der Waals surface area contributed by atoms with Crippen molar-refractivity contribution in [3.8, 4) is 0 Å². The minimum absolute atomic E-state index is 0.0180. The van der Waals surface area contributed by atoms with Crippen molar-refractivity contribution in [1.82, 2.24) is 4.90 Å². The Kier molecular flexibility index (Phi) is 11.2. The minimum Gasteiger partial charge on any atom is -0.480 e. The van der Waals surface area contributed by atoms with Gasteiger partial charge in [-0.05, 0) is 35.8 Å². The zero-order valence-corrected chi connectivity index (χ0v) is 19.9. The van der Waals surface area contributed by atoms with Gasteiger partial charge in [-0.1, -0.05) is 68.7 Å². The molecule has 186 valence electrons. The van der Waals surface area contributed by atoms with E-state index in [1.165, 1.54) is 6.08 Å². The van der Waals surface area contributed by atoms with Crippen molar-refractivity contribution in [2.75, 3.05) is 11.9 Å². The lowest BCUT2D eigenvalue weighted by molar-refractivity contribution is -0.152. The molecule has 8 nitrogen and oxygen atoms in total. The van der Waals surface area contributed by atoms with Gasteiger partial charge in [0, 0.05) is 24.6 Å². The highest BCUT2D eigenvalue weighted by atomic mass is 16.4. The van der Waals surface area contributed by atoms with Gasteiger partial charge >= 0.3 is 11.9 Å². The van der Waals surface area contributed by atoms with Crippen LogP contribution >= 0.6 is 0 Å². The largest absolute Gasteiger partial charge is 0.480 e. The zero-order chi connectivity index (χ0) is 25.6. The smallest absolute Gasteiger partial charge is 0.326 e. The fourth-order valence-electron chi connectivity index (χ4n) is 3.53. The maximum atomic E-state index is 12.8. The van der Waals surface area contributed by atoms with E-state index < -0.39 is 30.4 Å². The van der Waals surface area contributed by atoms with Crippen LogP contribution in [0.4, 0.5) is 5.69 Å². The highest BCUT2D eigenvalue weighted by Gasteiger charge is 2.30. The Bertz CT molecular complexity index is 1020. The predicted molar refractivity (Wildman–Crippen MR) is 134 cm³/mol. The lowest BCUT2D eigenvalue weighted by Crippen LogP contribution is -2.48. The number of benzene rings is 2. The van der Waals surface area contributed by atoms with Gasteiger partial charge in [0.25, 0.3) is 0 Å². The number of nitrogens with one attached hydrogen (secondary N) is 1. The molecule has 0 aliphatic heterocycles. The van der Waals surface area contributed by atoms with E-state index in [9.17, 15) is 29.4 Å². The number of hydrogen-bond donors (Lipinski definition) is 3. The number of carboxylic acid groups (broad SMARTS) is 2. The molecular weight excluding hydrogens is 448 g/mol. The second-order valence-electron chi connectivity index (χ2n) is 8.22. The van der Waals surface area contributed by atoms with Crippen LogP contribution in [0.25, 0.3) is 6.08 Å². The normalized spacial score (nSPS) is 11.7. The fourth-order valence-corrected chi connectivity index (χ4v) is 3.53. The van der Waals surface area contributed by atoms with Gasteiger partial charge in [-0.3, -0.25) is 14.4 Å². The third-order valence-corrected chi connectivity index (χ3v) is 5.39. The summed E-state index contributed by atoms with van der Waals surface area (Å²) in [4.78, 5) is 48.9. The van der Waals surface area contributed by atoms with Gasteiger partial charge < -0.3 is 20.4 Å². The summed E-state index contributed by atoms with van der Waals surface area (Å²) in [6.07, 6.45) is 7.17. The van der Waals surface area contributed by atoms with E-state index in [1.807, 2.05) is 0 Å². The standard InChI is InChI=1S/C27H32N2O6/c1-2-3-4-8-11-24(30)28-22-15-12-20(13-16-22)14-17-25(31)29(19-26(32)33)23(27(34)35)18-21-9-6-5-7-10-21/h5-7,9-10,12-17,23H,2-4,8,11,18-19H2,1H3,(H,28,30)(H,32,33)(H,34,35)/b17-14+/t23-/m0/s1. The molecule has 0 saturated heterocycles. The highest BCUT2D eigenvalue weighted by molar-refractivity contribution is 5.96. The number of aliphatic carboxylic acids is 2. The van der Waals surface area contributed by atoms with E-state index in [-0.39, 0.29) is 12.3 Å². The summed E-state index contributed by atoms with van der Waals surface area (Å²) < 4.78 is 0. The van der Waals surface area contributed by atoms with E-state index in [2.05, 4.69) is 12.2 Å². The first kappa shape index (κ1) is 27.3. The number of unbranched alkanes of at least 4 members (excludes halogenated alkanes) is 3. The van der Waals surface area contributed by atoms with Crippen LogP contribution in [0.3, 0.4) is 0 Å². The van der Waals surface area contributed by atoms with E-state index >= 15 is 0 Å². The summed E-state index contributed by atoms with van der Waals surface area (Å²) >= 11 is 0. The number of rotatable bonds is 14. The first-order chi connectivity index (χ1) is 16.8. The van der Waals surface area contributed by atoms with Crippen LogP contribution in [0.2, 0.25) is 0 Å². The number of amides is 2. The Hall–Kier alpha value is -3.94. The second kappa shape index (κ2) is 14.3. The maximum Gasteiger partial charge on any atom is 0.326 e. The number of carbonyl (C=O) groups excluding carboxylic acids is 2. The fraction of sp³-hybridized carbons (Fsp3) is 0.333. The summed E-state index contributed by atoms with van der Waals surface area (Å²) in [5.41, 5.74) is 1.95. The molecule has 2 aromatic carbocycles. The topological polar surface area (TPSA) is 124 Å². The quantitative estimate of drug-likeness (QED) is 0.275. The Morgan fingerprint density at radius 1 is 0.943 bits per heavy atom. The monoisotopic (exact) mass is 480 g/mol. The molecule has 0 aromatic heterocycles. The molecule has 0 radical (unpaired) electrons. The van der Waals surface area contributed by atoms with Crippen molar-refractivity contribution in [3.05, 3.63) is 71.8 Å². The summed E-state index contributed by atoms with van der Waals surface area (Å²) in [7, 11) is 0. The van der Waals surface area contributed by atoms with Crippen LogP contribution in [0.1, 0.15) is 50.2 Å². The molecule has 0 aliphatic carbocycles. The van der Waals surface area contributed by atoms with Crippen LogP contribution < -0.4 is 5.32 Å². The number of carboxylic acids is 2. The molecule has 0 heterocycles. The number of hydrogen-bond acceptors (Lipinski definition) is 4. The molecule has 1 atom stereocenters. The number of nitrogens with zero attached hydrogens (tertiary/aromatic N) is 1. The van der Waals surface area contributed by atoms with Gasteiger partial charge in [-0.15, -0.1) is 0 Å². The Morgan fingerprint density at radius 2 is 1.63 bits per heavy atom. The van der Waals surface area contributed by atoms with Crippen LogP contribution in [-0.2, 0) is 25.6 Å². The highest BCUT2D eigenvalue weighted by Crippen LogP contribution is 2.14. The van der Waals surface area contributed by atoms with Gasteiger partial charge in [0.15, 0.2) is 0 Å². The van der Waals surface area contributed by atoms with Crippen molar-refractivity contribution in [3.63, 3.8) is 0 Å². The van der Waals surface area contributed by atoms with E-state index in [0.717, 1.165) is 36.7 Å². The maximum absolute atomic E-state index is 12.8. The number of carbonyl (C=O) groups is 4. The van der Waals surface area contributed by atoms with Gasteiger partial charge in [0.1, 0.15) is 12.6 Å². The van der Waals surface area contributed by atoms with Gasteiger partial charge in [-0.2, -0.15) is 0 Å². The minimum atomic E-state index is -1.33. The first-order valence-electron chi connectivity index (χ1n) is 11.7. The Morgan fingerprint density at radius 3 is 2.23 bits per heavy atom. The predicted octanol–water partition coefficient (Wildman–Crippen LogP) is 4.22. The van der Waals surface area contributed by atoms with Crippen molar-refractivity contribution < 1.29 is 29.4 Å². The van der Waals surface area contributed by atoms with Crippen LogP contribution in [0, 0.1) is 0 Å². The molecule has 0 spiro atoms. The molecule has 0 fully saturated rings. The van der Waals surface area contributed by atoms with E-state index in [4.69, 9.17) is 0 Å². The molecule has 2 amide bonds. The molecule has 0 aliphatic rings. The first-order valence-corrected chi connectivity index (χ1v) is 11.7. The van der Waals surface area contributed by atoms with E-state index in [0.29, 0.717) is 23.2 Å². The molecule has 0 saturated carbocycles. The molecule has 0 unspecified atom stereocenters. The van der Waals surface area contributed by atoms with Gasteiger partial charge in [-0.25, -0.2) is 4.79 Å². The summed E-state index contributed by atoms with van der Waals surface area (Å²) in [5.74, 6) is -3.37. The van der Waals surface area contributed by atoms with Crippen molar-refractivity contribution >= 4 is 35.5 Å². The Labute approximate surface area is 205 Å². The zero-order valence-electron chi connectivity index (χ0n) is 19.9. The lowest BCUT2D eigenvalue weighted by atomic mass is 10.0. The molecule has 2 aromatic rings. The van der Waals surface area contributed by atoms with Crippen molar-refractivity contribution in [2.24, 2.45) is 0 Å². The summed E-state index contributed by atoms with van der Waals surface area (Å²) in [6, 6.07) is 14.2. The Balaban J connectivity index is 2.05. The molecular formula is C27H32N2O6. The molecule has 35 heavy (non-hydrogen) atoms. The van der Waals surface area contributed by atoms with Crippen molar-refractivity contribution in [1.29, 1.82) is 0 Å². The van der Waals surface area contributed by atoms with Crippen LogP contribution in [0.5, 0.6) is 0 Å². The summed E-state index contributed by atoms with van der Waals surface area (Å²) in [5, 5.41) is 21.8. The average Bonchev–Trinajstić information content (AvgIpc) is 2.83. The lowest BCUT2D eigenvalue weighted by Gasteiger charge is -2.26. The second-order valence-corrected chi connectivity index (χ2v) is 8.22. The molecule has 2 rings (SSSR count). The molecule has 3 N–H and O–H groups in total. The molecule has 8 heteroatoms. The van der Waals surface area contributed by atoms with Gasteiger partial charge in [0.2, 0.25) is 11.8 Å². The molecule has 0 bridgehead atoms. The summed E-state index contributed by atoms with van der Waals surface area (Å²) in [6.45, 7) is 1.37. The SMILES string of the molecule is CCCCCCC(=O)Nc1ccc(/C=C/C(=O)N(CC(=O)O)[C@@H](Cc2ccccc2)C(=O)O)cc1. The average molecular weight is 481 g/mol. The third kappa shape index (κ3) is 9.83. The third-order valence-electron chi connectivity index (χ3n) is 5.39. The van der Waals surface area contributed by atoms with Crippen LogP contribution in [-0.4, -0.2) is 51.5 Å².